The van der Waals surface area contributed by atoms with Gasteiger partial charge in [0.05, 0.1) is 17.9 Å². The van der Waals surface area contributed by atoms with Crippen molar-refractivity contribution < 1.29 is 23.5 Å². The zero-order valence-corrected chi connectivity index (χ0v) is 14.6. The fourth-order valence-corrected chi connectivity index (χ4v) is 3.30. The summed E-state index contributed by atoms with van der Waals surface area (Å²) >= 11 is 0. The van der Waals surface area contributed by atoms with Crippen molar-refractivity contribution in [2.24, 2.45) is 0 Å². The van der Waals surface area contributed by atoms with Crippen LogP contribution in [0.1, 0.15) is 27.7 Å². The van der Waals surface area contributed by atoms with Crippen molar-refractivity contribution >= 4 is 11.7 Å². The van der Waals surface area contributed by atoms with Crippen LogP contribution in [0.5, 0.6) is 0 Å². The van der Waals surface area contributed by atoms with Crippen LogP contribution in [0.15, 0.2) is 82.9 Å². The molecule has 7 heteroatoms. The maximum atomic E-state index is 14.6. The van der Waals surface area contributed by atoms with Crippen molar-refractivity contribution in [2.75, 3.05) is 0 Å². The molecule has 28 heavy (non-hydrogen) atoms. The molecule has 2 aromatic heterocycles. The molecule has 0 saturated heterocycles. The molecule has 0 saturated carbocycles. The van der Waals surface area contributed by atoms with Gasteiger partial charge in [0, 0.05) is 24.5 Å². The molecule has 0 spiro atoms. The number of amides is 1. The molecule has 3 heterocycles. The lowest BCUT2D eigenvalue weighted by Gasteiger charge is -2.27. The van der Waals surface area contributed by atoms with Gasteiger partial charge in [-0.3, -0.25) is 14.6 Å². The number of nitrogens with zero attached hydrogens (tertiary/aromatic N) is 2. The Morgan fingerprint density at radius 3 is 2.68 bits per heavy atom. The molecular weight excluding hydrogens is 363 g/mol. The lowest BCUT2D eigenvalue weighted by Crippen LogP contribution is -2.31. The van der Waals surface area contributed by atoms with Crippen LogP contribution < -0.4 is 0 Å². The molecule has 1 aliphatic rings. The summed E-state index contributed by atoms with van der Waals surface area (Å²) in [5.41, 5.74) is 0.573. The van der Waals surface area contributed by atoms with Gasteiger partial charge >= 0.3 is 0 Å². The Balaban J connectivity index is 1.82. The summed E-state index contributed by atoms with van der Waals surface area (Å²) in [5.74, 6) is -2.77. The average molecular weight is 378 g/mol. The molecule has 3 aromatic rings. The van der Waals surface area contributed by atoms with E-state index in [1.807, 2.05) is 0 Å². The number of aromatic nitrogens is 1. The number of furan rings is 1. The number of rotatable bonds is 5. The third kappa shape index (κ3) is 2.96. The first kappa shape index (κ1) is 17.7. The minimum Gasteiger partial charge on any atom is -0.503 e. The van der Waals surface area contributed by atoms with Crippen LogP contribution in [0.25, 0.3) is 0 Å². The zero-order chi connectivity index (χ0) is 19.7. The minimum atomic E-state index is -1.09. The molecule has 140 valence electrons. The molecule has 6 nitrogen and oxygen atoms in total. The number of aliphatic hydroxyl groups excluding tert-OH is 1. The number of pyridine rings is 1. The second kappa shape index (κ2) is 7.11. The van der Waals surface area contributed by atoms with Gasteiger partial charge in [0.15, 0.2) is 11.5 Å². The second-order valence-electron chi connectivity index (χ2n) is 6.29. The van der Waals surface area contributed by atoms with E-state index in [-0.39, 0.29) is 23.4 Å². The number of benzene rings is 1. The lowest BCUT2D eigenvalue weighted by molar-refractivity contribution is -0.130. The summed E-state index contributed by atoms with van der Waals surface area (Å²) in [4.78, 5) is 31.0. The van der Waals surface area contributed by atoms with Crippen LogP contribution >= 0.6 is 0 Å². The SMILES string of the molecule is O=C(C1=C(O)C(=O)N(Cc2cccnc2)[C@@H]1c1ccccc1F)c1ccco1. The normalized spacial score (nSPS) is 16.7. The molecular formula is C21H15FN2O4. The first-order chi connectivity index (χ1) is 13.6. The predicted molar refractivity (Wildman–Crippen MR) is 96.6 cm³/mol. The largest absolute Gasteiger partial charge is 0.503 e. The van der Waals surface area contributed by atoms with Crippen molar-refractivity contribution in [1.82, 2.24) is 9.88 Å². The highest BCUT2D eigenvalue weighted by Gasteiger charge is 2.45. The van der Waals surface area contributed by atoms with Crippen molar-refractivity contribution in [3.05, 3.63) is 101 Å². The predicted octanol–water partition coefficient (Wildman–Crippen LogP) is 3.59. The smallest absolute Gasteiger partial charge is 0.290 e. The van der Waals surface area contributed by atoms with E-state index in [0.29, 0.717) is 5.56 Å². The van der Waals surface area contributed by atoms with Crippen LogP contribution in [0.3, 0.4) is 0 Å². The molecule has 1 aliphatic heterocycles. The lowest BCUT2D eigenvalue weighted by atomic mass is 9.94. The van der Waals surface area contributed by atoms with E-state index in [9.17, 15) is 19.1 Å². The van der Waals surface area contributed by atoms with Crippen LogP contribution in [0.2, 0.25) is 0 Å². The zero-order valence-electron chi connectivity index (χ0n) is 14.6. The Labute approximate surface area is 159 Å². The maximum Gasteiger partial charge on any atom is 0.290 e. The highest BCUT2D eigenvalue weighted by Crippen LogP contribution is 2.40. The fourth-order valence-electron chi connectivity index (χ4n) is 3.30. The van der Waals surface area contributed by atoms with E-state index in [1.165, 1.54) is 41.5 Å². The highest BCUT2D eigenvalue weighted by molar-refractivity contribution is 6.15. The van der Waals surface area contributed by atoms with E-state index in [0.717, 1.165) is 0 Å². The molecule has 0 aliphatic carbocycles. The average Bonchev–Trinajstić information content (AvgIpc) is 3.32. The summed E-state index contributed by atoms with van der Waals surface area (Å²) in [6.07, 6.45) is 4.47. The van der Waals surface area contributed by atoms with Crippen molar-refractivity contribution in [2.45, 2.75) is 12.6 Å². The van der Waals surface area contributed by atoms with Gasteiger partial charge < -0.3 is 14.4 Å². The second-order valence-corrected chi connectivity index (χ2v) is 6.29. The first-order valence-corrected chi connectivity index (χ1v) is 8.53. The summed E-state index contributed by atoms with van der Waals surface area (Å²) in [6, 6.07) is 11.2. The van der Waals surface area contributed by atoms with Gasteiger partial charge in [0.2, 0.25) is 5.78 Å². The van der Waals surface area contributed by atoms with E-state index in [4.69, 9.17) is 4.42 Å². The van der Waals surface area contributed by atoms with Crippen LogP contribution in [0.4, 0.5) is 4.39 Å². The number of carbonyl (C=O) groups is 2. The summed E-state index contributed by atoms with van der Waals surface area (Å²) < 4.78 is 19.7. The van der Waals surface area contributed by atoms with Crippen LogP contribution in [0, 0.1) is 5.82 Å². The highest BCUT2D eigenvalue weighted by atomic mass is 19.1. The summed E-state index contributed by atoms with van der Waals surface area (Å²) in [5, 5.41) is 10.5. The van der Waals surface area contributed by atoms with Gasteiger partial charge in [0.1, 0.15) is 5.82 Å². The fraction of sp³-hybridized carbons (Fsp3) is 0.0952. The first-order valence-electron chi connectivity index (χ1n) is 8.53. The maximum absolute atomic E-state index is 14.6. The third-order valence-electron chi connectivity index (χ3n) is 4.57. The minimum absolute atomic E-state index is 0.0427. The number of carbonyl (C=O) groups excluding carboxylic acids is 2. The number of hydrogen-bond donors (Lipinski definition) is 1. The van der Waals surface area contributed by atoms with E-state index >= 15 is 0 Å². The number of halogens is 1. The molecule has 0 fully saturated rings. The topological polar surface area (TPSA) is 83.6 Å². The number of ketones is 1. The van der Waals surface area contributed by atoms with Gasteiger partial charge in [-0.05, 0) is 29.8 Å². The molecule has 0 unspecified atom stereocenters. The summed E-state index contributed by atoms with van der Waals surface area (Å²) in [7, 11) is 0. The molecule has 1 aromatic carbocycles. The van der Waals surface area contributed by atoms with Crippen molar-refractivity contribution in [3.8, 4) is 0 Å². The molecule has 0 radical (unpaired) electrons. The standard InChI is InChI=1S/C21H15FN2O4/c22-15-7-2-1-6-14(15)18-17(19(25)16-8-4-10-28-16)20(26)21(27)24(18)12-13-5-3-9-23-11-13/h1-11,18,26H,12H2/t18-/m1/s1. The van der Waals surface area contributed by atoms with Gasteiger partial charge in [-0.2, -0.15) is 0 Å². The Hall–Kier alpha value is -3.74. The number of aliphatic hydroxyl groups is 1. The Kier molecular flexibility index (Phi) is 4.49. The van der Waals surface area contributed by atoms with Crippen LogP contribution in [-0.2, 0) is 11.3 Å². The molecule has 0 bridgehead atoms. The third-order valence-corrected chi connectivity index (χ3v) is 4.57. The van der Waals surface area contributed by atoms with E-state index in [1.54, 1.807) is 30.6 Å². The van der Waals surface area contributed by atoms with Gasteiger partial charge in [-0.15, -0.1) is 0 Å². The monoisotopic (exact) mass is 378 g/mol. The van der Waals surface area contributed by atoms with Crippen molar-refractivity contribution in [1.29, 1.82) is 0 Å². The molecule has 1 amide bonds. The van der Waals surface area contributed by atoms with E-state index < -0.39 is 29.3 Å². The number of Topliss-reactive ketones (excluding diaryl/α,β-unsaturated/α-hetero) is 1. The van der Waals surface area contributed by atoms with Crippen LogP contribution in [-0.4, -0.2) is 26.7 Å². The summed E-state index contributed by atoms with van der Waals surface area (Å²) in [6.45, 7) is 0.0463. The Morgan fingerprint density at radius 2 is 2.00 bits per heavy atom. The van der Waals surface area contributed by atoms with Gasteiger partial charge in [0.25, 0.3) is 5.91 Å². The number of hydrogen-bond acceptors (Lipinski definition) is 5. The molecule has 1 atom stereocenters. The van der Waals surface area contributed by atoms with Gasteiger partial charge in [-0.1, -0.05) is 24.3 Å². The van der Waals surface area contributed by atoms with E-state index in [2.05, 4.69) is 4.98 Å². The molecule has 1 N–H and O–H groups in total. The van der Waals surface area contributed by atoms with Gasteiger partial charge in [-0.25, -0.2) is 4.39 Å². The Morgan fingerprint density at radius 1 is 1.18 bits per heavy atom. The Bertz CT molecular complexity index is 1060. The quantitative estimate of drug-likeness (QED) is 0.686. The van der Waals surface area contributed by atoms with Crippen molar-refractivity contribution in [3.63, 3.8) is 0 Å². The molecule has 4 rings (SSSR count).